The molecule has 0 atom stereocenters. The molecule has 0 aliphatic rings. The first-order valence-electron chi connectivity index (χ1n) is 9.00. The van der Waals surface area contributed by atoms with Gasteiger partial charge in [-0.3, -0.25) is 4.99 Å². The number of nitrogens with zero attached hydrogens (tertiary/aromatic N) is 4. The van der Waals surface area contributed by atoms with Gasteiger partial charge in [0, 0.05) is 37.5 Å². The second-order valence-electron chi connectivity index (χ2n) is 5.64. The Kier molecular flexibility index (Phi) is 12.1. The van der Waals surface area contributed by atoms with Gasteiger partial charge in [-0.25, -0.2) is 4.39 Å². The topological polar surface area (TPSA) is 67.1 Å². The fourth-order valence-electron chi connectivity index (χ4n) is 2.35. The van der Waals surface area contributed by atoms with Crippen LogP contribution in [0.4, 0.5) is 4.39 Å². The highest BCUT2D eigenvalue weighted by Gasteiger charge is 2.02. The second kappa shape index (κ2) is 13.8. The monoisotopic (exact) mass is 506 g/mol. The summed E-state index contributed by atoms with van der Waals surface area (Å²) < 4.78 is 14.9. The molecule has 2 N–H and O–H groups in total. The molecular formula is C18H28FIN6S. The van der Waals surface area contributed by atoms with Gasteiger partial charge >= 0.3 is 0 Å². The molecule has 0 aliphatic heterocycles. The number of nitrogens with one attached hydrogen (secondary N) is 2. The molecule has 0 unspecified atom stereocenters. The Bertz CT molecular complexity index is 677. The molecule has 2 aromatic rings. The van der Waals surface area contributed by atoms with E-state index in [0.29, 0.717) is 0 Å². The lowest BCUT2D eigenvalue weighted by Gasteiger charge is -2.12. The lowest BCUT2D eigenvalue weighted by molar-refractivity contribution is 0.626. The molecule has 1 aromatic heterocycles. The molecule has 6 nitrogen and oxygen atoms in total. The average Bonchev–Trinajstić information content (AvgIpc) is 3.10. The van der Waals surface area contributed by atoms with Crippen LogP contribution in [-0.2, 0) is 13.0 Å². The minimum atomic E-state index is -0.196. The summed E-state index contributed by atoms with van der Waals surface area (Å²) in [5.74, 6) is 2.57. The molecule has 150 valence electrons. The molecule has 0 amide bonds. The van der Waals surface area contributed by atoms with Crippen LogP contribution >= 0.6 is 35.7 Å². The normalized spacial score (nSPS) is 11.1. The van der Waals surface area contributed by atoms with Gasteiger partial charge in [0.15, 0.2) is 5.96 Å². The van der Waals surface area contributed by atoms with E-state index in [9.17, 15) is 4.39 Å². The molecule has 0 saturated carbocycles. The molecular weight excluding hydrogens is 478 g/mol. The third-order valence-electron chi connectivity index (χ3n) is 3.66. The number of aryl methyl sites for hydroxylation is 1. The fraction of sp³-hybridized carbons (Fsp3) is 0.500. The van der Waals surface area contributed by atoms with E-state index in [2.05, 4.69) is 44.2 Å². The summed E-state index contributed by atoms with van der Waals surface area (Å²) in [7, 11) is 0. The van der Waals surface area contributed by atoms with E-state index in [4.69, 9.17) is 0 Å². The number of hydrogen-bond acceptors (Lipinski definition) is 4. The third-order valence-corrected chi connectivity index (χ3v) is 4.75. The molecule has 0 aliphatic carbocycles. The first-order valence-corrected chi connectivity index (χ1v) is 9.98. The van der Waals surface area contributed by atoms with Gasteiger partial charge in [-0.2, -0.15) is 0 Å². The Morgan fingerprint density at radius 2 is 2.00 bits per heavy atom. The molecule has 9 heteroatoms. The SMILES string of the molecule is CCNC(=NCCCSc1ccc(F)cc1)NCCn1cnnc1CC.I. The van der Waals surface area contributed by atoms with Crippen molar-refractivity contribution in [3.8, 4) is 0 Å². The van der Waals surface area contributed by atoms with Gasteiger partial charge in [0.25, 0.3) is 0 Å². The van der Waals surface area contributed by atoms with Crippen molar-refractivity contribution < 1.29 is 4.39 Å². The van der Waals surface area contributed by atoms with Crippen LogP contribution in [0.15, 0.2) is 40.5 Å². The molecule has 1 heterocycles. The van der Waals surface area contributed by atoms with Crippen LogP contribution in [0.2, 0.25) is 0 Å². The van der Waals surface area contributed by atoms with Crippen molar-refractivity contribution in [1.29, 1.82) is 0 Å². The predicted octanol–water partition coefficient (Wildman–Crippen LogP) is 3.34. The quantitative estimate of drug-likeness (QED) is 0.170. The minimum Gasteiger partial charge on any atom is -0.357 e. The van der Waals surface area contributed by atoms with Crippen molar-refractivity contribution in [2.24, 2.45) is 4.99 Å². The van der Waals surface area contributed by atoms with Crippen LogP contribution < -0.4 is 10.6 Å². The van der Waals surface area contributed by atoms with Crippen LogP contribution in [0.25, 0.3) is 0 Å². The van der Waals surface area contributed by atoms with Gasteiger partial charge < -0.3 is 15.2 Å². The van der Waals surface area contributed by atoms with Crippen molar-refractivity contribution in [2.75, 3.05) is 25.4 Å². The first-order chi connectivity index (χ1) is 12.7. The number of aliphatic imine (C=N–C) groups is 1. The molecule has 0 saturated heterocycles. The summed E-state index contributed by atoms with van der Waals surface area (Å²) in [6, 6.07) is 6.61. The van der Waals surface area contributed by atoms with Gasteiger partial charge in [-0.05, 0) is 43.4 Å². The van der Waals surface area contributed by atoms with Crippen LogP contribution in [0.1, 0.15) is 26.1 Å². The molecule has 2 rings (SSSR count). The highest BCUT2D eigenvalue weighted by atomic mass is 127. The van der Waals surface area contributed by atoms with Crippen LogP contribution in [0.3, 0.4) is 0 Å². The maximum Gasteiger partial charge on any atom is 0.191 e. The fourth-order valence-corrected chi connectivity index (χ4v) is 3.19. The van der Waals surface area contributed by atoms with Crippen LogP contribution in [0.5, 0.6) is 0 Å². The third kappa shape index (κ3) is 8.91. The Labute approximate surface area is 181 Å². The molecule has 0 bridgehead atoms. The largest absolute Gasteiger partial charge is 0.357 e. The van der Waals surface area contributed by atoms with Gasteiger partial charge in [0.2, 0.25) is 0 Å². The number of rotatable bonds is 10. The highest BCUT2D eigenvalue weighted by Crippen LogP contribution is 2.18. The standard InChI is InChI=1S/C18H27FN6S.HI/c1-3-17-24-23-14-25(17)12-11-22-18(20-4-2)21-10-5-13-26-16-8-6-15(19)7-9-16;/h6-9,14H,3-5,10-13H2,1-2H3,(H2,20,21,22);1H. The smallest absolute Gasteiger partial charge is 0.191 e. The second-order valence-corrected chi connectivity index (χ2v) is 6.81. The van der Waals surface area contributed by atoms with E-state index in [0.717, 1.165) is 61.5 Å². The minimum absolute atomic E-state index is 0. The number of halogens is 2. The summed E-state index contributed by atoms with van der Waals surface area (Å²) in [5, 5.41) is 14.6. The van der Waals surface area contributed by atoms with Gasteiger partial charge in [0.1, 0.15) is 18.0 Å². The van der Waals surface area contributed by atoms with Gasteiger partial charge in [-0.15, -0.1) is 45.9 Å². The number of guanidine groups is 1. The van der Waals surface area contributed by atoms with Crippen LogP contribution in [-0.4, -0.2) is 46.1 Å². The highest BCUT2D eigenvalue weighted by molar-refractivity contribution is 14.0. The Morgan fingerprint density at radius 1 is 1.22 bits per heavy atom. The van der Waals surface area contributed by atoms with E-state index in [1.165, 1.54) is 12.1 Å². The zero-order chi connectivity index (χ0) is 18.6. The van der Waals surface area contributed by atoms with E-state index in [-0.39, 0.29) is 29.8 Å². The zero-order valence-electron chi connectivity index (χ0n) is 15.8. The average molecular weight is 506 g/mol. The Balaban J connectivity index is 0.00000364. The molecule has 0 fully saturated rings. The van der Waals surface area contributed by atoms with E-state index in [1.807, 2.05) is 12.1 Å². The summed E-state index contributed by atoms with van der Waals surface area (Å²) in [4.78, 5) is 5.69. The van der Waals surface area contributed by atoms with E-state index >= 15 is 0 Å². The summed E-state index contributed by atoms with van der Waals surface area (Å²) in [6.07, 6.45) is 3.60. The summed E-state index contributed by atoms with van der Waals surface area (Å²) in [5.41, 5.74) is 0. The van der Waals surface area contributed by atoms with Crippen molar-refractivity contribution in [2.45, 2.75) is 38.1 Å². The van der Waals surface area contributed by atoms with Crippen molar-refractivity contribution in [3.63, 3.8) is 0 Å². The Morgan fingerprint density at radius 3 is 2.70 bits per heavy atom. The summed E-state index contributed by atoms with van der Waals surface area (Å²) in [6.45, 7) is 7.27. The lowest BCUT2D eigenvalue weighted by atomic mass is 10.4. The van der Waals surface area contributed by atoms with Crippen molar-refractivity contribution in [1.82, 2.24) is 25.4 Å². The van der Waals surface area contributed by atoms with E-state index in [1.54, 1.807) is 18.1 Å². The van der Waals surface area contributed by atoms with Gasteiger partial charge in [-0.1, -0.05) is 6.92 Å². The number of aromatic nitrogens is 3. The number of thioether (sulfide) groups is 1. The first kappa shape index (κ1) is 23.7. The molecule has 1 aromatic carbocycles. The lowest BCUT2D eigenvalue weighted by Crippen LogP contribution is -2.39. The zero-order valence-corrected chi connectivity index (χ0v) is 19.0. The number of hydrogen-bond donors (Lipinski definition) is 2. The molecule has 27 heavy (non-hydrogen) atoms. The maximum atomic E-state index is 12.9. The van der Waals surface area contributed by atoms with Gasteiger partial charge in [0.05, 0.1) is 0 Å². The molecule has 0 radical (unpaired) electrons. The predicted molar refractivity (Wildman–Crippen MR) is 121 cm³/mol. The van der Waals surface area contributed by atoms with Crippen LogP contribution in [0, 0.1) is 5.82 Å². The number of benzene rings is 1. The van der Waals surface area contributed by atoms with Crippen molar-refractivity contribution in [3.05, 3.63) is 42.2 Å². The van der Waals surface area contributed by atoms with E-state index < -0.39 is 0 Å². The van der Waals surface area contributed by atoms with Crippen molar-refractivity contribution >= 4 is 41.7 Å². The molecule has 0 spiro atoms. The Hall–Kier alpha value is -1.36. The maximum absolute atomic E-state index is 12.9. The summed E-state index contributed by atoms with van der Waals surface area (Å²) >= 11 is 1.72.